The molecule has 0 bridgehead atoms. The number of carbonyl (C=O) groups is 1. The summed E-state index contributed by atoms with van der Waals surface area (Å²) in [5.74, 6) is -1.32. The highest BCUT2D eigenvalue weighted by atomic mass is 32.2. The summed E-state index contributed by atoms with van der Waals surface area (Å²) < 4.78 is 77.7. The summed E-state index contributed by atoms with van der Waals surface area (Å²) in [6.07, 6.45) is -1.04. The van der Waals surface area contributed by atoms with E-state index < -0.39 is 33.5 Å². The molecule has 2 rings (SSSR count). The van der Waals surface area contributed by atoms with Crippen molar-refractivity contribution in [2.45, 2.75) is 26.6 Å². The van der Waals surface area contributed by atoms with Crippen molar-refractivity contribution in [3.05, 3.63) is 64.5 Å². The van der Waals surface area contributed by atoms with Crippen LogP contribution in [-0.2, 0) is 27.5 Å². The quantitative estimate of drug-likeness (QED) is 0.395. The zero-order valence-corrected chi connectivity index (χ0v) is 18.4. The molecular formula is C21H23F4N3O3S. The first-order valence-corrected chi connectivity index (χ1v) is 11.4. The summed E-state index contributed by atoms with van der Waals surface area (Å²) in [4.78, 5) is 12.1. The predicted octanol–water partition coefficient (Wildman–Crippen LogP) is 4.29. The summed E-state index contributed by atoms with van der Waals surface area (Å²) in [5.41, 5.74) is 0.409. The number of sulfonamides is 1. The lowest BCUT2D eigenvalue weighted by Gasteiger charge is -2.13. The van der Waals surface area contributed by atoms with Crippen molar-refractivity contribution < 1.29 is 30.8 Å². The molecule has 0 radical (unpaired) electrons. The van der Waals surface area contributed by atoms with Gasteiger partial charge in [-0.15, -0.1) is 0 Å². The second-order valence-corrected chi connectivity index (χ2v) is 8.77. The predicted molar refractivity (Wildman–Crippen MR) is 116 cm³/mol. The molecule has 11 heteroatoms. The van der Waals surface area contributed by atoms with Gasteiger partial charge in [-0.25, -0.2) is 12.8 Å². The Balaban J connectivity index is 2.10. The molecule has 0 aliphatic heterocycles. The minimum atomic E-state index is -4.48. The molecule has 32 heavy (non-hydrogen) atoms. The maximum Gasteiger partial charge on any atom is 0.416 e. The van der Waals surface area contributed by atoms with Crippen LogP contribution in [0.2, 0.25) is 0 Å². The zero-order valence-electron chi connectivity index (χ0n) is 17.6. The van der Waals surface area contributed by atoms with E-state index in [4.69, 9.17) is 0 Å². The smallest absolute Gasteiger partial charge is 0.385 e. The van der Waals surface area contributed by atoms with Gasteiger partial charge in [0.1, 0.15) is 5.82 Å². The van der Waals surface area contributed by atoms with E-state index in [1.165, 1.54) is 25.1 Å². The summed E-state index contributed by atoms with van der Waals surface area (Å²) in [7, 11) is -3.65. The molecule has 0 heterocycles. The summed E-state index contributed by atoms with van der Waals surface area (Å²) >= 11 is 0. The monoisotopic (exact) mass is 473 g/mol. The van der Waals surface area contributed by atoms with E-state index in [-0.39, 0.29) is 17.9 Å². The van der Waals surface area contributed by atoms with Crippen LogP contribution in [-0.4, -0.2) is 27.1 Å². The number of nitrogens with one attached hydrogen (secondary N) is 3. The Morgan fingerprint density at radius 3 is 2.41 bits per heavy atom. The molecule has 3 N–H and O–H groups in total. The van der Waals surface area contributed by atoms with Crippen molar-refractivity contribution in [2.24, 2.45) is 0 Å². The standard InChI is InChI=1S/C21H23F4N3O3S/c1-4-26-18-11-16(21(23,24)25)7-5-15(18)6-8-19(29)27-12-14-9-13(2)20(17(22)10-14)28-32(3,30)31/h5-11,26,28H,4,12H2,1-3H3,(H,27,29)/b8-6+. The number of hydrogen-bond acceptors (Lipinski definition) is 4. The van der Waals surface area contributed by atoms with Crippen LogP contribution in [0.5, 0.6) is 0 Å². The van der Waals surface area contributed by atoms with E-state index in [9.17, 15) is 30.8 Å². The van der Waals surface area contributed by atoms with Crippen LogP contribution in [0.25, 0.3) is 6.08 Å². The van der Waals surface area contributed by atoms with Crippen molar-refractivity contribution in [2.75, 3.05) is 22.8 Å². The van der Waals surface area contributed by atoms with Gasteiger partial charge < -0.3 is 10.6 Å². The minimum Gasteiger partial charge on any atom is -0.385 e. The molecule has 0 spiro atoms. The summed E-state index contributed by atoms with van der Waals surface area (Å²) in [6, 6.07) is 5.79. The van der Waals surface area contributed by atoms with Crippen LogP contribution in [0.15, 0.2) is 36.4 Å². The Hall–Kier alpha value is -3.08. The fourth-order valence-corrected chi connectivity index (χ4v) is 3.50. The van der Waals surface area contributed by atoms with E-state index >= 15 is 0 Å². The lowest BCUT2D eigenvalue weighted by molar-refractivity contribution is -0.137. The number of alkyl halides is 3. The molecule has 1 amide bonds. The highest BCUT2D eigenvalue weighted by Crippen LogP contribution is 2.32. The van der Waals surface area contributed by atoms with E-state index in [1.54, 1.807) is 6.92 Å². The lowest BCUT2D eigenvalue weighted by Crippen LogP contribution is -2.20. The number of anilines is 2. The Kier molecular flexibility index (Phi) is 7.89. The van der Waals surface area contributed by atoms with E-state index in [0.29, 0.717) is 23.2 Å². The number of carbonyl (C=O) groups excluding carboxylic acids is 1. The number of benzene rings is 2. The molecule has 6 nitrogen and oxygen atoms in total. The molecule has 0 saturated carbocycles. The maximum atomic E-state index is 14.2. The normalized spacial score (nSPS) is 12.1. The third-order valence-electron chi connectivity index (χ3n) is 4.26. The highest BCUT2D eigenvalue weighted by Gasteiger charge is 2.30. The molecule has 0 unspecified atom stereocenters. The molecular weight excluding hydrogens is 450 g/mol. The van der Waals surface area contributed by atoms with Gasteiger partial charge in [-0.05, 0) is 54.8 Å². The third kappa shape index (κ3) is 7.26. The maximum absolute atomic E-state index is 14.2. The van der Waals surface area contributed by atoms with Crippen molar-refractivity contribution in [3.63, 3.8) is 0 Å². The van der Waals surface area contributed by atoms with Gasteiger partial charge in [-0.3, -0.25) is 9.52 Å². The molecule has 0 aromatic heterocycles. The van der Waals surface area contributed by atoms with Crippen molar-refractivity contribution in [1.82, 2.24) is 5.32 Å². The van der Waals surface area contributed by atoms with Gasteiger partial charge in [0.2, 0.25) is 15.9 Å². The summed E-state index contributed by atoms with van der Waals surface area (Å²) in [5, 5.41) is 5.38. The highest BCUT2D eigenvalue weighted by molar-refractivity contribution is 7.92. The molecule has 0 aliphatic rings. The Labute approximate surface area is 183 Å². The molecule has 2 aromatic rings. The number of halogens is 4. The van der Waals surface area contributed by atoms with Crippen molar-refractivity contribution in [3.8, 4) is 0 Å². The Bertz CT molecular complexity index is 1110. The second kappa shape index (κ2) is 10.0. The van der Waals surface area contributed by atoms with Crippen LogP contribution in [0.3, 0.4) is 0 Å². The number of aryl methyl sites for hydroxylation is 1. The van der Waals surface area contributed by atoms with Crippen LogP contribution < -0.4 is 15.4 Å². The molecule has 0 fully saturated rings. The van der Waals surface area contributed by atoms with E-state index in [1.807, 2.05) is 0 Å². The van der Waals surface area contributed by atoms with Crippen molar-refractivity contribution >= 4 is 33.4 Å². The van der Waals surface area contributed by atoms with Gasteiger partial charge in [0.05, 0.1) is 17.5 Å². The molecule has 174 valence electrons. The zero-order chi connectivity index (χ0) is 24.1. The van der Waals surface area contributed by atoms with Gasteiger partial charge in [-0.1, -0.05) is 12.1 Å². The fraction of sp³-hybridized carbons (Fsp3) is 0.286. The average molecular weight is 473 g/mol. The van der Waals surface area contributed by atoms with Gasteiger partial charge >= 0.3 is 6.18 Å². The molecule has 2 aromatic carbocycles. The van der Waals surface area contributed by atoms with Gasteiger partial charge in [-0.2, -0.15) is 13.2 Å². The van der Waals surface area contributed by atoms with Crippen LogP contribution >= 0.6 is 0 Å². The molecule has 0 aliphatic carbocycles. The van der Waals surface area contributed by atoms with Crippen LogP contribution in [0.1, 0.15) is 29.2 Å². The first-order chi connectivity index (χ1) is 14.8. The van der Waals surface area contributed by atoms with Gasteiger partial charge in [0.15, 0.2) is 0 Å². The first-order valence-electron chi connectivity index (χ1n) is 9.48. The van der Waals surface area contributed by atoms with Gasteiger partial charge in [0.25, 0.3) is 0 Å². The number of hydrogen-bond donors (Lipinski definition) is 3. The average Bonchev–Trinajstić information content (AvgIpc) is 2.67. The van der Waals surface area contributed by atoms with Crippen molar-refractivity contribution in [1.29, 1.82) is 0 Å². The Morgan fingerprint density at radius 1 is 1.16 bits per heavy atom. The van der Waals surface area contributed by atoms with E-state index in [0.717, 1.165) is 30.5 Å². The van der Waals surface area contributed by atoms with E-state index in [2.05, 4.69) is 15.4 Å². The lowest BCUT2D eigenvalue weighted by atomic mass is 10.1. The third-order valence-corrected chi connectivity index (χ3v) is 4.84. The largest absolute Gasteiger partial charge is 0.416 e. The minimum absolute atomic E-state index is 0.0346. The number of rotatable bonds is 8. The van der Waals surface area contributed by atoms with Crippen LogP contribution in [0, 0.1) is 12.7 Å². The number of amides is 1. The fourth-order valence-electron chi connectivity index (χ4n) is 2.87. The topological polar surface area (TPSA) is 87.3 Å². The van der Waals surface area contributed by atoms with Crippen LogP contribution in [0.4, 0.5) is 28.9 Å². The first kappa shape index (κ1) is 25.2. The second-order valence-electron chi connectivity index (χ2n) is 7.03. The molecule has 0 atom stereocenters. The Morgan fingerprint density at radius 2 is 1.84 bits per heavy atom. The SMILES string of the molecule is CCNc1cc(C(F)(F)F)ccc1/C=C/C(=O)NCc1cc(C)c(NS(C)(=O)=O)c(F)c1. The van der Waals surface area contributed by atoms with Gasteiger partial charge in [0, 0.05) is 24.9 Å². The molecule has 0 saturated heterocycles. The summed E-state index contributed by atoms with van der Waals surface area (Å²) in [6.45, 7) is 3.61.